The monoisotopic (exact) mass is 451 g/mol. The van der Waals surface area contributed by atoms with Crippen LogP contribution in [-0.4, -0.2) is 40.4 Å². The number of esters is 2. The third kappa shape index (κ3) is 4.21. The van der Waals surface area contributed by atoms with E-state index in [1.54, 1.807) is 49.5 Å². The van der Waals surface area contributed by atoms with Crippen molar-refractivity contribution in [2.75, 3.05) is 18.5 Å². The second kappa shape index (κ2) is 8.98. The van der Waals surface area contributed by atoms with Crippen molar-refractivity contribution in [2.45, 2.75) is 6.92 Å². The number of pyridine rings is 1. The zero-order chi connectivity index (χ0) is 22.7. The Hall–Kier alpha value is -4.05. The maximum absolute atomic E-state index is 12.6. The Balaban J connectivity index is 1.46. The Labute approximate surface area is 185 Å². The lowest BCUT2D eigenvalue weighted by molar-refractivity contribution is -0.119. The van der Waals surface area contributed by atoms with Gasteiger partial charge >= 0.3 is 11.9 Å². The molecule has 162 valence electrons. The number of anilines is 1. The van der Waals surface area contributed by atoms with Gasteiger partial charge in [-0.05, 0) is 37.3 Å². The lowest BCUT2D eigenvalue weighted by Crippen LogP contribution is -2.22. The number of ether oxygens (including phenoxy) is 2. The summed E-state index contributed by atoms with van der Waals surface area (Å²) in [5.41, 5.74) is 0.607. The molecule has 4 aromatic rings. The minimum Gasteiger partial charge on any atom is -0.462 e. The van der Waals surface area contributed by atoms with Crippen molar-refractivity contribution in [3.63, 3.8) is 0 Å². The minimum absolute atomic E-state index is 0.153. The van der Waals surface area contributed by atoms with E-state index in [4.69, 9.17) is 9.47 Å². The van der Waals surface area contributed by atoms with Crippen molar-refractivity contribution in [2.24, 2.45) is 0 Å². The number of fused-ring (bicyclic) bond motifs is 2. The van der Waals surface area contributed by atoms with E-state index in [0.717, 1.165) is 11.3 Å². The second-order valence-electron chi connectivity index (χ2n) is 6.57. The van der Waals surface area contributed by atoms with Gasteiger partial charge in [0.2, 0.25) is 0 Å². The molecular weight excluding hydrogens is 434 g/mol. The van der Waals surface area contributed by atoms with E-state index < -0.39 is 24.5 Å². The molecule has 0 fully saturated rings. The fourth-order valence-corrected chi connectivity index (χ4v) is 3.94. The van der Waals surface area contributed by atoms with Gasteiger partial charge in [0.05, 0.1) is 23.2 Å². The van der Waals surface area contributed by atoms with Gasteiger partial charge < -0.3 is 14.8 Å². The van der Waals surface area contributed by atoms with Crippen LogP contribution >= 0.6 is 11.3 Å². The Morgan fingerprint density at radius 3 is 2.66 bits per heavy atom. The van der Waals surface area contributed by atoms with E-state index >= 15 is 0 Å². The number of thiophene rings is 1. The molecule has 4 rings (SSSR count). The molecule has 10 heteroatoms. The number of carbonyl (C=O) groups is 3. The van der Waals surface area contributed by atoms with Crippen molar-refractivity contribution >= 4 is 50.7 Å². The van der Waals surface area contributed by atoms with Gasteiger partial charge in [-0.3, -0.25) is 14.0 Å². The predicted octanol–water partition coefficient (Wildman–Crippen LogP) is 2.88. The summed E-state index contributed by atoms with van der Waals surface area (Å²) in [6.07, 6.45) is 1.60. The van der Waals surface area contributed by atoms with Crippen LogP contribution < -0.4 is 10.9 Å². The number of benzene rings is 1. The van der Waals surface area contributed by atoms with E-state index in [0.29, 0.717) is 15.9 Å². The quantitative estimate of drug-likeness (QED) is 0.448. The smallest absolute Gasteiger partial charge is 0.348 e. The maximum Gasteiger partial charge on any atom is 0.348 e. The highest BCUT2D eigenvalue weighted by Crippen LogP contribution is 2.23. The van der Waals surface area contributed by atoms with Crippen molar-refractivity contribution in [3.8, 4) is 0 Å². The third-order valence-corrected chi connectivity index (χ3v) is 5.46. The normalized spacial score (nSPS) is 10.8. The number of para-hydroxylation sites is 1. The first-order chi connectivity index (χ1) is 15.5. The number of amides is 1. The van der Waals surface area contributed by atoms with E-state index in [1.807, 2.05) is 0 Å². The SMILES string of the molecule is CCOC(=O)c1ccccc1NC(=O)COC(=O)c1cc2c(=O)n3ccccc3nc2s1. The molecule has 1 amide bonds. The third-order valence-electron chi connectivity index (χ3n) is 4.45. The summed E-state index contributed by atoms with van der Waals surface area (Å²) in [7, 11) is 0. The standard InChI is InChI=1S/C22H17N3O6S/c1-2-30-21(28)13-7-3-4-8-15(13)23-18(26)12-31-22(29)16-11-14-19(32-16)24-17-9-5-6-10-25(17)20(14)27/h3-11H,2,12H2,1H3,(H,23,26). The fraction of sp³-hybridized carbons (Fsp3) is 0.136. The molecule has 0 radical (unpaired) electrons. The molecule has 0 aliphatic carbocycles. The lowest BCUT2D eigenvalue weighted by Gasteiger charge is -2.10. The first kappa shape index (κ1) is 21.2. The highest BCUT2D eigenvalue weighted by atomic mass is 32.1. The van der Waals surface area contributed by atoms with Gasteiger partial charge in [-0.25, -0.2) is 14.6 Å². The fourth-order valence-electron chi connectivity index (χ4n) is 3.02. The van der Waals surface area contributed by atoms with Crippen LogP contribution in [0.2, 0.25) is 0 Å². The Bertz CT molecular complexity index is 1410. The molecule has 0 bridgehead atoms. The van der Waals surface area contributed by atoms with Crippen LogP contribution in [0.5, 0.6) is 0 Å². The first-order valence-corrected chi connectivity index (χ1v) is 10.4. The molecule has 0 aliphatic rings. The second-order valence-corrected chi connectivity index (χ2v) is 7.60. The molecule has 1 N–H and O–H groups in total. The zero-order valence-corrected chi connectivity index (χ0v) is 17.7. The summed E-state index contributed by atoms with van der Waals surface area (Å²) in [6.45, 7) is 1.31. The van der Waals surface area contributed by atoms with Gasteiger partial charge in [-0.1, -0.05) is 18.2 Å². The highest BCUT2D eigenvalue weighted by molar-refractivity contribution is 7.20. The molecule has 0 unspecified atom stereocenters. The number of aromatic nitrogens is 2. The van der Waals surface area contributed by atoms with Crippen LogP contribution in [0.1, 0.15) is 27.0 Å². The van der Waals surface area contributed by atoms with Crippen molar-refractivity contribution < 1.29 is 23.9 Å². The summed E-state index contributed by atoms with van der Waals surface area (Å²) in [6, 6.07) is 12.9. The zero-order valence-electron chi connectivity index (χ0n) is 16.9. The minimum atomic E-state index is -0.754. The van der Waals surface area contributed by atoms with Crippen LogP contribution in [0.3, 0.4) is 0 Å². The molecule has 0 aliphatic heterocycles. The van der Waals surface area contributed by atoms with Crippen LogP contribution in [0.15, 0.2) is 59.5 Å². The van der Waals surface area contributed by atoms with Crippen LogP contribution in [-0.2, 0) is 14.3 Å². The summed E-state index contributed by atoms with van der Waals surface area (Å²) in [5, 5.41) is 2.83. The highest BCUT2D eigenvalue weighted by Gasteiger charge is 2.18. The van der Waals surface area contributed by atoms with Crippen LogP contribution in [0.4, 0.5) is 5.69 Å². The average Bonchev–Trinajstić information content (AvgIpc) is 3.23. The Morgan fingerprint density at radius 1 is 1.06 bits per heavy atom. The summed E-state index contributed by atoms with van der Waals surface area (Å²) >= 11 is 1.01. The molecule has 0 saturated carbocycles. The van der Waals surface area contributed by atoms with E-state index in [2.05, 4.69) is 10.3 Å². The van der Waals surface area contributed by atoms with Gasteiger partial charge in [0.25, 0.3) is 11.5 Å². The predicted molar refractivity (Wildman–Crippen MR) is 118 cm³/mol. The average molecular weight is 451 g/mol. The first-order valence-electron chi connectivity index (χ1n) is 9.62. The van der Waals surface area contributed by atoms with E-state index in [1.165, 1.54) is 16.5 Å². The molecule has 3 aromatic heterocycles. The lowest BCUT2D eigenvalue weighted by atomic mass is 10.2. The molecule has 32 heavy (non-hydrogen) atoms. The Kier molecular flexibility index (Phi) is 5.95. The van der Waals surface area contributed by atoms with Gasteiger partial charge in [0.1, 0.15) is 15.4 Å². The number of hydrogen-bond donors (Lipinski definition) is 1. The molecule has 3 heterocycles. The van der Waals surface area contributed by atoms with Gasteiger partial charge in [0.15, 0.2) is 6.61 Å². The molecular formula is C22H17N3O6S. The van der Waals surface area contributed by atoms with Crippen LogP contribution in [0, 0.1) is 0 Å². The Morgan fingerprint density at radius 2 is 1.84 bits per heavy atom. The van der Waals surface area contributed by atoms with E-state index in [-0.39, 0.29) is 28.3 Å². The number of carbonyl (C=O) groups excluding carboxylic acids is 3. The van der Waals surface area contributed by atoms with Crippen molar-refractivity contribution in [3.05, 3.63) is 75.5 Å². The van der Waals surface area contributed by atoms with Crippen LogP contribution in [0.25, 0.3) is 15.9 Å². The molecule has 0 saturated heterocycles. The van der Waals surface area contributed by atoms with Crippen molar-refractivity contribution in [1.29, 1.82) is 0 Å². The number of nitrogens with zero attached hydrogens (tertiary/aromatic N) is 2. The summed E-state index contributed by atoms with van der Waals surface area (Å²) in [4.78, 5) is 54.2. The molecule has 0 spiro atoms. The number of nitrogens with one attached hydrogen (secondary N) is 1. The topological polar surface area (TPSA) is 116 Å². The van der Waals surface area contributed by atoms with Gasteiger partial charge in [0, 0.05) is 6.20 Å². The van der Waals surface area contributed by atoms with Gasteiger partial charge in [-0.2, -0.15) is 0 Å². The van der Waals surface area contributed by atoms with Gasteiger partial charge in [-0.15, -0.1) is 11.3 Å². The van der Waals surface area contributed by atoms with Crippen molar-refractivity contribution in [1.82, 2.24) is 9.38 Å². The summed E-state index contributed by atoms with van der Waals surface area (Å²) < 4.78 is 11.4. The molecule has 9 nitrogen and oxygen atoms in total. The molecule has 1 aromatic carbocycles. The van der Waals surface area contributed by atoms with E-state index in [9.17, 15) is 19.2 Å². The largest absolute Gasteiger partial charge is 0.462 e. The maximum atomic E-state index is 12.6. The summed E-state index contributed by atoms with van der Waals surface area (Å²) in [5.74, 6) is -1.95. The molecule has 0 atom stereocenters. The number of rotatable bonds is 6. The number of hydrogen-bond acceptors (Lipinski definition) is 8.